The molecular formula is C30H30O4. The molecule has 0 saturated carbocycles. The van der Waals surface area contributed by atoms with Crippen LogP contribution in [0, 0.1) is 18.8 Å². The number of ether oxygens (including phenoxy) is 2. The van der Waals surface area contributed by atoms with E-state index in [0.29, 0.717) is 17.7 Å². The summed E-state index contributed by atoms with van der Waals surface area (Å²) in [6, 6.07) is 18.9. The summed E-state index contributed by atoms with van der Waals surface area (Å²) in [5.41, 5.74) is 7.25. The summed E-state index contributed by atoms with van der Waals surface area (Å²) in [5.74, 6) is 5.98. The predicted molar refractivity (Wildman–Crippen MR) is 135 cm³/mol. The molecule has 174 valence electrons. The van der Waals surface area contributed by atoms with Gasteiger partial charge >= 0.3 is 11.9 Å². The number of hydrogen-bond acceptors (Lipinski definition) is 4. The van der Waals surface area contributed by atoms with E-state index in [0.717, 1.165) is 41.5 Å². The summed E-state index contributed by atoms with van der Waals surface area (Å²) < 4.78 is 9.87. The quantitative estimate of drug-likeness (QED) is 0.308. The summed E-state index contributed by atoms with van der Waals surface area (Å²) in [6.45, 7) is 6.40. The van der Waals surface area contributed by atoms with Gasteiger partial charge in [-0.05, 0) is 79.8 Å². The predicted octanol–water partition coefficient (Wildman–Crippen LogP) is 6.37. The van der Waals surface area contributed by atoms with Gasteiger partial charge in [0.15, 0.2) is 0 Å². The lowest BCUT2D eigenvalue weighted by atomic mass is 9.90. The van der Waals surface area contributed by atoms with E-state index in [1.807, 2.05) is 24.3 Å². The lowest BCUT2D eigenvalue weighted by molar-refractivity contribution is 0.0525. The molecule has 3 aromatic rings. The molecule has 0 aliphatic carbocycles. The van der Waals surface area contributed by atoms with Gasteiger partial charge in [-0.25, -0.2) is 9.59 Å². The molecule has 0 fully saturated rings. The highest BCUT2D eigenvalue weighted by Crippen LogP contribution is 2.29. The van der Waals surface area contributed by atoms with Gasteiger partial charge in [0.2, 0.25) is 0 Å². The summed E-state index contributed by atoms with van der Waals surface area (Å²) in [7, 11) is 1.38. The van der Waals surface area contributed by atoms with Crippen LogP contribution in [-0.4, -0.2) is 25.7 Å². The number of rotatable bonds is 7. The first-order valence-electron chi connectivity index (χ1n) is 11.6. The van der Waals surface area contributed by atoms with Crippen LogP contribution in [0.4, 0.5) is 0 Å². The van der Waals surface area contributed by atoms with Crippen LogP contribution in [-0.2, 0) is 15.9 Å². The van der Waals surface area contributed by atoms with E-state index in [4.69, 9.17) is 9.47 Å². The van der Waals surface area contributed by atoms with Crippen molar-refractivity contribution in [3.8, 4) is 23.0 Å². The van der Waals surface area contributed by atoms with Crippen LogP contribution < -0.4 is 0 Å². The van der Waals surface area contributed by atoms with Gasteiger partial charge in [0, 0.05) is 11.1 Å². The van der Waals surface area contributed by atoms with Crippen molar-refractivity contribution in [2.24, 2.45) is 0 Å². The third-order valence-electron chi connectivity index (χ3n) is 5.51. The monoisotopic (exact) mass is 454 g/mol. The smallest absolute Gasteiger partial charge is 0.338 e. The van der Waals surface area contributed by atoms with E-state index in [9.17, 15) is 9.59 Å². The summed E-state index contributed by atoms with van der Waals surface area (Å²) in [4.78, 5) is 23.8. The van der Waals surface area contributed by atoms with Gasteiger partial charge in [-0.15, -0.1) is 0 Å². The average Bonchev–Trinajstić information content (AvgIpc) is 2.86. The van der Waals surface area contributed by atoms with Crippen molar-refractivity contribution >= 4 is 11.9 Å². The molecule has 3 aromatic carbocycles. The largest absolute Gasteiger partial charge is 0.465 e. The Bertz CT molecular complexity index is 1210. The molecule has 0 radical (unpaired) electrons. The molecular weight excluding hydrogens is 424 g/mol. The van der Waals surface area contributed by atoms with Crippen molar-refractivity contribution < 1.29 is 19.1 Å². The molecule has 0 spiro atoms. The van der Waals surface area contributed by atoms with Gasteiger partial charge in [0.05, 0.1) is 24.8 Å². The van der Waals surface area contributed by atoms with E-state index >= 15 is 0 Å². The Kier molecular flexibility index (Phi) is 8.65. The maximum Gasteiger partial charge on any atom is 0.338 e. The van der Waals surface area contributed by atoms with E-state index in [1.54, 1.807) is 31.2 Å². The van der Waals surface area contributed by atoms with Gasteiger partial charge in [-0.1, -0.05) is 55.0 Å². The number of benzene rings is 3. The minimum absolute atomic E-state index is 0.333. The highest BCUT2D eigenvalue weighted by atomic mass is 16.5. The molecule has 0 atom stereocenters. The average molecular weight is 455 g/mol. The topological polar surface area (TPSA) is 52.6 Å². The molecule has 0 amide bonds. The second kappa shape index (κ2) is 11.9. The van der Waals surface area contributed by atoms with Crippen LogP contribution in [0.25, 0.3) is 11.1 Å². The molecule has 0 aliphatic heterocycles. The SMILES string of the molecule is CCCCc1cc(C)cc(-c2ccc(C(=O)OC)cc2)c1C#Cc1ccc(C(=O)OCC)cc1. The Hall–Kier alpha value is -3.84. The zero-order valence-corrected chi connectivity index (χ0v) is 20.2. The van der Waals surface area contributed by atoms with E-state index < -0.39 is 0 Å². The molecule has 4 heteroatoms. The fourth-order valence-corrected chi connectivity index (χ4v) is 3.74. The number of unbranched alkanes of at least 4 members (excludes halogenated alkanes) is 1. The van der Waals surface area contributed by atoms with E-state index in [-0.39, 0.29) is 11.9 Å². The molecule has 34 heavy (non-hydrogen) atoms. The fraction of sp³-hybridized carbons (Fsp3) is 0.267. The molecule has 0 aromatic heterocycles. The molecule has 3 rings (SSSR count). The molecule has 0 saturated heterocycles. The van der Waals surface area contributed by atoms with Gasteiger partial charge < -0.3 is 9.47 Å². The molecule has 0 aliphatic rings. The highest BCUT2D eigenvalue weighted by Gasteiger charge is 2.12. The highest BCUT2D eigenvalue weighted by molar-refractivity contribution is 5.90. The Morgan fingerprint density at radius 1 is 0.853 bits per heavy atom. The standard InChI is InChI=1S/C30H30O4/c1-5-7-8-26-19-21(3)20-28(23-14-16-24(17-15-23)29(31)33-4)27(26)18-11-22-9-12-25(13-10-22)30(32)34-6-2/h9-10,12-17,19-20H,5-8H2,1-4H3. The molecule has 4 nitrogen and oxygen atoms in total. The maximum absolute atomic E-state index is 11.9. The van der Waals surface area contributed by atoms with Crippen molar-refractivity contribution in [1.82, 2.24) is 0 Å². The second-order valence-electron chi connectivity index (χ2n) is 8.07. The lowest BCUT2D eigenvalue weighted by Crippen LogP contribution is -2.04. The van der Waals surface area contributed by atoms with Crippen molar-refractivity contribution in [3.05, 3.63) is 94.0 Å². The molecule has 0 N–H and O–H groups in total. The van der Waals surface area contributed by atoms with Gasteiger partial charge in [0.25, 0.3) is 0 Å². The minimum Gasteiger partial charge on any atom is -0.465 e. The zero-order chi connectivity index (χ0) is 24.5. The van der Waals surface area contributed by atoms with Crippen molar-refractivity contribution in [3.63, 3.8) is 0 Å². The number of hydrogen-bond donors (Lipinski definition) is 0. The van der Waals surface area contributed by atoms with E-state index in [1.165, 1.54) is 18.2 Å². The van der Waals surface area contributed by atoms with Crippen molar-refractivity contribution in [1.29, 1.82) is 0 Å². The second-order valence-corrected chi connectivity index (χ2v) is 8.07. The van der Waals surface area contributed by atoms with Crippen LogP contribution in [0.15, 0.2) is 60.7 Å². The summed E-state index contributed by atoms with van der Waals surface area (Å²) in [6.07, 6.45) is 3.11. The van der Waals surface area contributed by atoms with E-state index in [2.05, 4.69) is 37.8 Å². The van der Waals surface area contributed by atoms with Crippen LogP contribution in [0.1, 0.15) is 69.7 Å². The summed E-state index contributed by atoms with van der Waals surface area (Å²) >= 11 is 0. The first-order valence-corrected chi connectivity index (χ1v) is 11.6. The Morgan fingerprint density at radius 3 is 2.12 bits per heavy atom. The number of esters is 2. The van der Waals surface area contributed by atoms with Gasteiger partial charge in [-0.3, -0.25) is 0 Å². The lowest BCUT2D eigenvalue weighted by Gasteiger charge is -2.13. The zero-order valence-electron chi connectivity index (χ0n) is 20.2. The first kappa shape index (κ1) is 24.8. The third kappa shape index (κ3) is 6.14. The Balaban J connectivity index is 2.03. The van der Waals surface area contributed by atoms with Crippen LogP contribution in [0.5, 0.6) is 0 Å². The number of carbonyl (C=O) groups excluding carboxylic acids is 2. The fourth-order valence-electron chi connectivity index (χ4n) is 3.74. The number of methoxy groups -OCH3 is 1. The van der Waals surface area contributed by atoms with Crippen molar-refractivity contribution in [2.75, 3.05) is 13.7 Å². The number of carbonyl (C=O) groups is 2. The molecule has 0 bridgehead atoms. The number of aryl methyl sites for hydroxylation is 2. The molecule has 0 heterocycles. The third-order valence-corrected chi connectivity index (χ3v) is 5.51. The van der Waals surface area contributed by atoms with Crippen molar-refractivity contribution in [2.45, 2.75) is 40.0 Å². The maximum atomic E-state index is 11.9. The van der Waals surface area contributed by atoms with Crippen LogP contribution in [0.3, 0.4) is 0 Å². The summed E-state index contributed by atoms with van der Waals surface area (Å²) in [5, 5.41) is 0. The van der Waals surface area contributed by atoms with Crippen LogP contribution >= 0.6 is 0 Å². The molecule has 0 unspecified atom stereocenters. The van der Waals surface area contributed by atoms with Crippen LogP contribution in [0.2, 0.25) is 0 Å². The van der Waals surface area contributed by atoms with Gasteiger partial charge in [-0.2, -0.15) is 0 Å². The Labute approximate surface area is 201 Å². The first-order chi connectivity index (χ1) is 16.5. The normalized spacial score (nSPS) is 10.2. The Morgan fingerprint density at radius 2 is 1.50 bits per heavy atom. The minimum atomic E-state index is -0.356. The van der Waals surface area contributed by atoms with Gasteiger partial charge in [0.1, 0.15) is 0 Å².